The molecule has 1 unspecified atom stereocenters. The molecule has 1 aromatic heterocycles. The second kappa shape index (κ2) is 8.43. The van der Waals surface area contributed by atoms with Gasteiger partial charge in [0.25, 0.3) is 0 Å². The van der Waals surface area contributed by atoms with Crippen LogP contribution in [0.2, 0.25) is 0 Å². The van der Waals surface area contributed by atoms with E-state index in [4.69, 9.17) is 0 Å². The SMILES string of the molecule is Cc1csc(CCCCNC(=O)C2CC(=O)N(c3ccc4c(c3)CCC4)C2)n1. The Morgan fingerprint density at radius 3 is 2.96 bits per heavy atom. The molecule has 1 aromatic carbocycles. The van der Waals surface area contributed by atoms with Crippen LogP contribution >= 0.6 is 11.3 Å². The molecule has 4 rings (SSSR count). The van der Waals surface area contributed by atoms with Gasteiger partial charge in [0, 0.05) is 36.3 Å². The number of nitrogens with zero attached hydrogens (tertiary/aromatic N) is 2. The van der Waals surface area contributed by atoms with Gasteiger partial charge in [0.1, 0.15) is 0 Å². The molecule has 1 N–H and O–H groups in total. The van der Waals surface area contributed by atoms with Crippen LogP contribution in [-0.2, 0) is 28.9 Å². The fourth-order valence-corrected chi connectivity index (χ4v) is 4.95. The molecule has 2 aliphatic rings. The molecule has 1 saturated heterocycles. The fraction of sp³-hybridized carbons (Fsp3) is 0.500. The van der Waals surface area contributed by atoms with Crippen molar-refractivity contribution in [2.75, 3.05) is 18.0 Å². The molecular weight excluding hydrogens is 370 g/mol. The first kappa shape index (κ1) is 19.1. The number of thiazole rings is 1. The average Bonchev–Trinajstić information content (AvgIpc) is 3.40. The second-order valence-electron chi connectivity index (χ2n) is 7.84. The predicted molar refractivity (Wildman–Crippen MR) is 112 cm³/mol. The quantitative estimate of drug-likeness (QED) is 0.728. The van der Waals surface area contributed by atoms with Crippen LogP contribution in [0.15, 0.2) is 23.6 Å². The number of amides is 2. The van der Waals surface area contributed by atoms with Gasteiger partial charge in [-0.1, -0.05) is 6.07 Å². The van der Waals surface area contributed by atoms with Crippen molar-refractivity contribution in [3.05, 3.63) is 45.4 Å². The highest BCUT2D eigenvalue weighted by atomic mass is 32.1. The number of carbonyl (C=O) groups is 2. The van der Waals surface area contributed by atoms with E-state index in [9.17, 15) is 9.59 Å². The third-order valence-electron chi connectivity index (χ3n) is 5.67. The number of hydrogen-bond acceptors (Lipinski definition) is 4. The molecule has 28 heavy (non-hydrogen) atoms. The Morgan fingerprint density at radius 2 is 2.14 bits per heavy atom. The van der Waals surface area contributed by atoms with Gasteiger partial charge in [-0.3, -0.25) is 9.59 Å². The molecule has 5 nitrogen and oxygen atoms in total. The molecule has 0 spiro atoms. The predicted octanol–water partition coefficient (Wildman–Crippen LogP) is 3.43. The van der Waals surface area contributed by atoms with Gasteiger partial charge >= 0.3 is 0 Å². The minimum Gasteiger partial charge on any atom is -0.356 e. The Kier molecular flexibility index (Phi) is 5.76. The molecule has 6 heteroatoms. The monoisotopic (exact) mass is 397 g/mol. The normalized spacial score (nSPS) is 18.5. The van der Waals surface area contributed by atoms with Crippen LogP contribution in [-0.4, -0.2) is 29.9 Å². The number of rotatable bonds is 7. The summed E-state index contributed by atoms with van der Waals surface area (Å²) in [6, 6.07) is 6.31. The number of hydrogen-bond donors (Lipinski definition) is 1. The Morgan fingerprint density at radius 1 is 1.29 bits per heavy atom. The maximum Gasteiger partial charge on any atom is 0.227 e. The zero-order chi connectivity index (χ0) is 19.5. The van der Waals surface area contributed by atoms with E-state index in [1.807, 2.05) is 13.0 Å². The topological polar surface area (TPSA) is 62.3 Å². The lowest BCUT2D eigenvalue weighted by atomic mass is 10.1. The van der Waals surface area contributed by atoms with Crippen LogP contribution in [0.1, 0.15) is 47.5 Å². The standard InChI is InChI=1S/C22H27N3O2S/c1-15-14-28-20(24-15)7-2-3-10-23-22(27)18-12-21(26)25(13-18)19-9-8-16-5-4-6-17(16)11-19/h8-9,11,14,18H,2-7,10,12-13H2,1H3,(H,23,27). The van der Waals surface area contributed by atoms with E-state index < -0.39 is 0 Å². The number of aryl methyl sites for hydroxylation is 4. The van der Waals surface area contributed by atoms with Gasteiger partial charge in [-0.25, -0.2) is 4.98 Å². The van der Waals surface area contributed by atoms with E-state index >= 15 is 0 Å². The number of nitrogens with one attached hydrogen (secondary N) is 1. The molecule has 1 aliphatic heterocycles. The smallest absolute Gasteiger partial charge is 0.227 e. The maximum atomic E-state index is 12.5. The summed E-state index contributed by atoms with van der Waals surface area (Å²) in [6.07, 6.45) is 6.63. The van der Waals surface area contributed by atoms with Gasteiger partial charge in [-0.15, -0.1) is 11.3 Å². The summed E-state index contributed by atoms with van der Waals surface area (Å²) in [4.78, 5) is 31.2. The third kappa shape index (κ3) is 4.27. The molecule has 0 saturated carbocycles. The largest absolute Gasteiger partial charge is 0.356 e. The molecule has 1 fully saturated rings. The number of carbonyl (C=O) groups excluding carboxylic acids is 2. The van der Waals surface area contributed by atoms with Gasteiger partial charge in [-0.05, 0) is 68.7 Å². The van der Waals surface area contributed by atoms with Gasteiger partial charge in [-0.2, -0.15) is 0 Å². The Bertz CT molecular complexity index is 876. The number of anilines is 1. The molecule has 2 aromatic rings. The minimum absolute atomic E-state index is 0.00195. The highest BCUT2D eigenvalue weighted by Crippen LogP contribution is 2.30. The van der Waals surface area contributed by atoms with Crippen molar-refractivity contribution in [2.24, 2.45) is 5.92 Å². The van der Waals surface area contributed by atoms with Crippen molar-refractivity contribution in [1.82, 2.24) is 10.3 Å². The first-order valence-corrected chi connectivity index (χ1v) is 11.1. The van der Waals surface area contributed by atoms with Gasteiger partial charge in [0.15, 0.2) is 0 Å². The third-order valence-corrected chi connectivity index (χ3v) is 6.70. The summed E-state index contributed by atoms with van der Waals surface area (Å²) in [5.41, 5.74) is 4.78. The molecule has 2 heterocycles. The Hall–Kier alpha value is -2.21. The lowest BCUT2D eigenvalue weighted by molar-refractivity contribution is -0.126. The summed E-state index contributed by atoms with van der Waals surface area (Å²) in [6.45, 7) is 3.16. The second-order valence-corrected chi connectivity index (χ2v) is 8.79. The summed E-state index contributed by atoms with van der Waals surface area (Å²) in [5.74, 6) is -0.193. The Labute approximate surface area is 170 Å². The van der Waals surface area contributed by atoms with E-state index in [1.165, 1.54) is 17.5 Å². The van der Waals surface area contributed by atoms with Crippen molar-refractivity contribution < 1.29 is 9.59 Å². The number of benzene rings is 1. The summed E-state index contributed by atoms with van der Waals surface area (Å²) in [5, 5.41) is 6.25. The van der Waals surface area contributed by atoms with Crippen molar-refractivity contribution in [3.63, 3.8) is 0 Å². The molecule has 2 amide bonds. The van der Waals surface area contributed by atoms with Crippen LogP contribution in [0.3, 0.4) is 0 Å². The van der Waals surface area contributed by atoms with Crippen molar-refractivity contribution >= 4 is 28.8 Å². The fourth-order valence-electron chi connectivity index (χ4n) is 4.13. The van der Waals surface area contributed by atoms with Crippen LogP contribution < -0.4 is 10.2 Å². The van der Waals surface area contributed by atoms with E-state index in [-0.39, 0.29) is 17.7 Å². The van der Waals surface area contributed by atoms with Crippen molar-refractivity contribution in [3.8, 4) is 0 Å². The highest BCUT2D eigenvalue weighted by molar-refractivity contribution is 7.09. The number of fused-ring (bicyclic) bond motifs is 1. The summed E-state index contributed by atoms with van der Waals surface area (Å²) in [7, 11) is 0. The first-order chi connectivity index (χ1) is 13.6. The van der Waals surface area contributed by atoms with E-state index in [1.54, 1.807) is 16.2 Å². The molecule has 0 bridgehead atoms. The number of unbranched alkanes of at least 4 members (excludes halogenated alkanes) is 1. The van der Waals surface area contributed by atoms with Crippen molar-refractivity contribution in [2.45, 2.75) is 51.9 Å². The zero-order valence-electron chi connectivity index (χ0n) is 16.4. The van der Waals surface area contributed by atoms with E-state index in [0.717, 1.165) is 48.5 Å². The van der Waals surface area contributed by atoms with Gasteiger partial charge in [0.05, 0.1) is 10.9 Å². The highest BCUT2D eigenvalue weighted by Gasteiger charge is 2.35. The van der Waals surface area contributed by atoms with E-state index in [2.05, 4.69) is 27.8 Å². The Balaban J connectivity index is 1.23. The van der Waals surface area contributed by atoms with Crippen molar-refractivity contribution in [1.29, 1.82) is 0 Å². The first-order valence-electron chi connectivity index (χ1n) is 10.2. The molecule has 1 aliphatic carbocycles. The van der Waals surface area contributed by atoms with Crippen LogP contribution in [0, 0.1) is 12.8 Å². The van der Waals surface area contributed by atoms with Gasteiger partial charge in [0.2, 0.25) is 11.8 Å². The van der Waals surface area contributed by atoms with Crippen LogP contribution in [0.4, 0.5) is 5.69 Å². The molecule has 1 atom stereocenters. The zero-order valence-corrected chi connectivity index (χ0v) is 17.2. The summed E-state index contributed by atoms with van der Waals surface area (Å²) < 4.78 is 0. The number of aromatic nitrogens is 1. The minimum atomic E-state index is -0.248. The van der Waals surface area contributed by atoms with Gasteiger partial charge < -0.3 is 10.2 Å². The van der Waals surface area contributed by atoms with E-state index in [0.29, 0.717) is 19.5 Å². The van der Waals surface area contributed by atoms with Crippen LogP contribution in [0.5, 0.6) is 0 Å². The summed E-state index contributed by atoms with van der Waals surface area (Å²) >= 11 is 1.70. The lowest BCUT2D eigenvalue weighted by Gasteiger charge is -2.18. The van der Waals surface area contributed by atoms with Crippen LogP contribution in [0.25, 0.3) is 0 Å². The maximum absolute atomic E-state index is 12.5. The lowest BCUT2D eigenvalue weighted by Crippen LogP contribution is -2.33. The molecule has 0 radical (unpaired) electrons. The molecular formula is C22H27N3O2S. The molecule has 148 valence electrons. The average molecular weight is 398 g/mol.